The van der Waals surface area contributed by atoms with E-state index in [0.29, 0.717) is 0 Å². The molecule has 0 aliphatic heterocycles. The van der Waals surface area contributed by atoms with Gasteiger partial charge in [-0.25, -0.2) is 17.2 Å². The first-order chi connectivity index (χ1) is 7.27. The first kappa shape index (κ1) is 12.9. The van der Waals surface area contributed by atoms with Crippen molar-refractivity contribution in [1.29, 1.82) is 5.26 Å². The third-order valence-electron chi connectivity index (χ3n) is 1.95. The van der Waals surface area contributed by atoms with Crippen molar-refractivity contribution in [2.24, 2.45) is 0 Å². The molecule has 1 aromatic rings. The van der Waals surface area contributed by atoms with E-state index >= 15 is 0 Å². The Labute approximate surface area is 95.7 Å². The Morgan fingerprint density at radius 2 is 2.00 bits per heavy atom. The van der Waals surface area contributed by atoms with Gasteiger partial charge in [0.15, 0.2) is 0 Å². The van der Waals surface area contributed by atoms with E-state index in [1.807, 2.05) is 0 Å². The number of hydrogen-bond acceptors (Lipinski definition) is 3. The fourth-order valence-corrected chi connectivity index (χ4v) is 2.34. The van der Waals surface area contributed by atoms with Crippen LogP contribution in [0.4, 0.5) is 8.78 Å². The molecule has 1 aromatic carbocycles. The van der Waals surface area contributed by atoms with Crippen molar-refractivity contribution < 1.29 is 17.2 Å². The Morgan fingerprint density at radius 1 is 1.44 bits per heavy atom. The Bertz CT molecular complexity index is 564. The van der Waals surface area contributed by atoms with Crippen LogP contribution < -0.4 is 0 Å². The van der Waals surface area contributed by atoms with Gasteiger partial charge in [-0.05, 0) is 24.6 Å². The van der Waals surface area contributed by atoms with Gasteiger partial charge in [0.05, 0.1) is 5.56 Å². The lowest BCUT2D eigenvalue weighted by Crippen LogP contribution is -2.00. The topological polar surface area (TPSA) is 57.9 Å². The molecule has 1 rings (SSSR count). The Hall–Kier alpha value is -1.19. The van der Waals surface area contributed by atoms with Crippen molar-refractivity contribution in [2.45, 2.75) is 18.2 Å². The van der Waals surface area contributed by atoms with Crippen LogP contribution in [0.3, 0.4) is 0 Å². The molecular weight excluding hydrogens is 260 g/mol. The summed E-state index contributed by atoms with van der Waals surface area (Å²) >= 11 is 0. The fourth-order valence-electron chi connectivity index (χ4n) is 1.24. The highest BCUT2D eigenvalue weighted by atomic mass is 35.7. The van der Waals surface area contributed by atoms with Crippen LogP contribution in [0.15, 0.2) is 17.0 Å². The Morgan fingerprint density at radius 3 is 2.38 bits per heavy atom. The van der Waals surface area contributed by atoms with Crippen molar-refractivity contribution >= 4 is 19.7 Å². The number of benzene rings is 1. The summed E-state index contributed by atoms with van der Waals surface area (Å²) < 4.78 is 47.1. The highest BCUT2D eigenvalue weighted by molar-refractivity contribution is 8.13. The van der Waals surface area contributed by atoms with Crippen molar-refractivity contribution in [3.63, 3.8) is 0 Å². The van der Waals surface area contributed by atoms with Gasteiger partial charge in [-0.1, -0.05) is 0 Å². The average Bonchev–Trinajstić information content (AvgIpc) is 2.14. The monoisotopic (exact) mass is 265 g/mol. The summed E-state index contributed by atoms with van der Waals surface area (Å²) in [5, 5.41) is 8.73. The SMILES string of the molecule is Cc1cc(C(F)F)cc(S(=O)(=O)Cl)c1C#N. The van der Waals surface area contributed by atoms with E-state index in [4.69, 9.17) is 15.9 Å². The number of alkyl halides is 2. The summed E-state index contributed by atoms with van der Waals surface area (Å²) in [7, 11) is 0.860. The smallest absolute Gasteiger partial charge is 0.207 e. The standard InChI is InChI=1S/C9H6ClF2NO2S/c1-5-2-6(9(11)12)3-8(7(5)4-13)16(10,14)15/h2-3,9H,1H3. The molecule has 0 atom stereocenters. The van der Waals surface area contributed by atoms with E-state index in [-0.39, 0.29) is 11.1 Å². The van der Waals surface area contributed by atoms with Gasteiger partial charge < -0.3 is 0 Å². The van der Waals surface area contributed by atoms with Gasteiger partial charge in [-0.2, -0.15) is 5.26 Å². The van der Waals surface area contributed by atoms with Crippen molar-refractivity contribution in [3.05, 3.63) is 28.8 Å². The van der Waals surface area contributed by atoms with Crippen molar-refractivity contribution in [3.8, 4) is 6.07 Å². The van der Waals surface area contributed by atoms with Crippen LogP contribution in [-0.4, -0.2) is 8.42 Å². The molecule has 0 saturated heterocycles. The molecule has 0 unspecified atom stereocenters. The number of hydrogen-bond donors (Lipinski definition) is 0. The van der Waals surface area contributed by atoms with Gasteiger partial charge in [0.1, 0.15) is 11.0 Å². The van der Waals surface area contributed by atoms with Crippen LogP contribution >= 0.6 is 10.7 Å². The van der Waals surface area contributed by atoms with Crippen LogP contribution in [0.25, 0.3) is 0 Å². The average molecular weight is 266 g/mol. The Kier molecular flexibility index (Phi) is 3.51. The number of halogens is 3. The predicted molar refractivity (Wildman–Crippen MR) is 53.9 cm³/mol. The van der Waals surface area contributed by atoms with Crippen molar-refractivity contribution in [1.82, 2.24) is 0 Å². The molecule has 0 aliphatic carbocycles. The molecule has 0 saturated carbocycles. The molecule has 0 spiro atoms. The van der Waals surface area contributed by atoms with Crippen LogP contribution in [-0.2, 0) is 9.05 Å². The molecule has 16 heavy (non-hydrogen) atoms. The zero-order chi connectivity index (χ0) is 12.5. The molecule has 0 heterocycles. The molecule has 0 bridgehead atoms. The van der Waals surface area contributed by atoms with E-state index < -0.39 is 25.9 Å². The minimum Gasteiger partial charge on any atom is -0.207 e. The lowest BCUT2D eigenvalue weighted by molar-refractivity contribution is 0.151. The maximum Gasteiger partial charge on any atom is 0.263 e. The zero-order valence-corrected chi connectivity index (χ0v) is 9.61. The molecule has 0 aliphatic rings. The molecule has 0 N–H and O–H groups in total. The first-order valence-electron chi connectivity index (χ1n) is 4.05. The second kappa shape index (κ2) is 4.36. The van der Waals surface area contributed by atoms with E-state index in [1.54, 1.807) is 6.07 Å². The van der Waals surface area contributed by atoms with E-state index in [0.717, 1.165) is 12.1 Å². The lowest BCUT2D eigenvalue weighted by Gasteiger charge is -2.07. The summed E-state index contributed by atoms with van der Waals surface area (Å²) in [4.78, 5) is -0.577. The highest BCUT2D eigenvalue weighted by Crippen LogP contribution is 2.28. The molecular formula is C9H6ClF2NO2S. The highest BCUT2D eigenvalue weighted by Gasteiger charge is 2.21. The minimum absolute atomic E-state index is 0.152. The summed E-state index contributed by atoms with van der Waals surface area (Å²) in [6.07, 6.45) is -2.82. The molecule has 0 aromatic heterocycles. The molecule has 3 nitrogen and oxygen atoms in total. The first-order valence-corrected chi connectivity index (χ1v) is 6.35. The number of rotatable bonds is 2. The van der Waals surface area contributed by atoms with E-state index in [2.05, 4.69) is 0 Å². The normalized spacial score (nSPS) is 11.5. The summed E-state index contributed by atoms with van der Waals surface area (Å²) in [5.41, 5.74) is -0.533. The fraction of sp³-hybridized carbons (Fsp3) is 0.222. The second-order valence-electron chi connectivity index (χ2n) is 3.06. The third-order valence-corrected chi connectivity index (χ3v) is 3.29. The number of nitriles is 1. The Balaban J connectivity index is 3.64. The summed E-state index contributed by atoms with van der Waals surface area (Å²) in [5.74, 6) is 0. The lowest BCUT2D eigenvalue weighted by atomic mass is 10.1. The van der Waals surface area contributed by atoms with Crippen LogP contribution in [0.1, 0.15) is 23.1 Å². The van der Waals surface area contributed by atoms with Gasteiger partial charge in [0, 0.05) is 16.2 Å². The maximum absolute atomic E-state index is 12.4. The van der Waals surface area contributed by atoms with Gasteiger partial charge in [0.25, 0.3) is 15.5 Å². The van der Waals surface area contributed by atoms with E-state index in [9.17, 15) is 17.2 Å². The molecule has 86 valence electrons. The molecule has 7 heteroatoms. The minimum atomic E-state index is -4.21. The van der Waals surface area contributed by atoms with Gasteiger partial charge >= 0.3 is 0 Å². The van der Waals surface area contributed by atoms with Crippen LogP contribution in [0.2, 0.25) is 0 Å². The van der Waals surface area contributed by atoms with Crippen LogP contribution in [0, 0.1) is 18.3 Å². The summed E-state index contributed by atoms with van der Waals surface area (Å²) in [6, 6.07) is 3.41. The van der Waals surface area contributed by atoms with E-state index in [1.165, 1.54) is 6.92 Å². The molecule has 0 radical (unpaired) electrons. The number of nitrogens with zero attached hydrogens (tertiary/aromatic N) is 1. The number of aryl methyl sites for hydroxylation is 1. The van der Waals surface area contributed by atoms with Gasteiger partial charge in [0.2, 0.25) is 0 Å². The maximum atomic E-state index is 12.4. The van der Waals surface area contributed by atoms with Gasteiger partial charge in [-0.15, -0.1) is 0 Å². The predicted octanol–water partition coefficient (Wildman–Crippen LogP) is 2.73. The molecule has 0 amide bonds. The second-order valence-corrected chi connectivity index (χ2v) is 5.60. The van der Waals surface area contributed by atoms with Gasteiger partial charge in [-0.3, -0.25) is 0 Å². The quantitative estimate of drug-likeness (QED) is 0.773. The van der Waals surface area contributed by atoms with Crippen LogP contribution in [0.5, 0.6) is 0 Å². The zero-order valence-electron chi connectivity index (χ0n) is 8.04. The van der Waals surface area contributed by atoms with Crippen molar-refractivity contribution in [2.75, 3.05) is 0 Å². The summed E-state index contributed by atoms with van der Waals surface area (Å²) in [6.45, 7) is 1.37. The largest absolute Gasteiger partial charge is 0.263 e. The molecule has 0 fully saturated rings. The third kappa shape index (κ3) is 2.49.